The van der Waals surface area contributed by atoms with E-state index in [4.69, 9.17) is 5.73 Å². The Morgan fingerprint density at radius 3 is 2.67 bits per heavy atom. The average molecular weight is 390 g/mol. The molecule has 4 nitrogen and oxygen atoms in total. The lowest BCUT2D eigenvalue weighted by molar-refractivity contribution is -0.123. The van der Waals surface area contributed by atoms with Gasteiger partial charge in [-0.1, -0.05) is 25.1 Å². The first kappa shape index (κ1) is 16.6. The highest BCUT2D eigenvalue weighted by Gasteiger charge is 2.44. The van der Waals surface area contributed by atoms with Crippen LogP contribution >= 0.6 is 15.9 Å². The molecule has 1 amide bonds. The number of fused-ring (bicyclic) bond motifs is 1. The predicted octanol–water partition coefficient (Wildman–Crippen LogP) is 3.87. The van der Waals surface area contributed by atoms with Crippen LogP contribution in [0.5, 0.6) is 0 Å². The predicted molar refractivity (Wildman–Crippen MR) is 97.9 cm³/mol. The van der Waals surface area contributed by atoms with E-state index in [9.17, 15) is 9.18 Å². The van der Waals surface area contributed by atoms with Gasteiger partial charge in [-0.15, -0.1) is 0 Å². The summed E-state index contributed by atoms with van der Waals surface area (Å²) < 4.78 is 15.1. The monoisotopic (exact) mass is 389 g/mol. The van der Waals surface area contributed by atoms with Crippen LogP contribution in [0.3, 0.4) is 0 Å². The molecule has 1 atom stereocenters. The highest BCUT2D eigenvalue weighted by Crippen LogP contribution is 2.40. The quantitative estimate of drug-likeness (QED) is 0.792. The van der Waals surface area contributed by atoms with Crippen LogP contribution in [0.1, 0.15) is 24.5 Å². The number of nitrogens with zero attached hydrogens (tertiary/aromatic N) is 2. The van der Waals surface area contributed by atoms with Crippen LogP contribution in [-0.4, -0.2) is 19.2 Å². The number of likely N-dealkylation sites (N-methyl/N-ethyl adjacent to an activating group) is 1. The summed E-state index contributed by atoms with van der Waals surface area (Å²) in [4.78, 5) is 19.3. The largest absolute Gasteiger partial charge is 0.398 e. The van der Waals surface area contributed by atoms with Crippen molar-refractivity contribution < 1.29 is 9.18 Å². The number of nitrogens with two attached hydrogens (primary N) is 1. The van der Waals surface area contributed by atoms with E-state index < -0.39 is 11.4 Å². The van der Waals surface area contributed by atoms with Crippen LogP contribution in [0.15, 0.2) is 45.9 Å². The third kappa shape index (κ3) is 2.33. The molecule has 6 heteroatoms. The standard InChI is InChI=1S/C18H17BrFN3O/c1-3-18(12-6-4-5-7-13(12)20)17(24)23(2)15-9-8-14(21)16(19)11(15)10-22-18/h4-10H,3,21H2,1-2H3. The van der Waals surface area contributed by atoms with E-state index in [0.29, 0.717) is 27.8 Å². The molecular weight excluding hydrogens is 373 g/mol. The first-order valence-corrected chi connectivity index (χ1v) is 8.38. The van der Waals surface area contributed by atoms with Gasteiger partial charge >= 0.3 is 0 Å². The van der Waals surface area contributed by atoms with Crippen molar-refractivity contribution >= 4 is 39.4 Å². The van der Waals surface area contributed by atoms with E-state index in [0.717, 1.165) is 0 Å². The Labute approximate surface area is 148 Å². The number of rotatable bonds is 2. The molecule has 124 valence electrons. The molecule has 2 aromatic rings. The zero-order valence-corrected chi connectivity index (χ0v) is 15.0. The third-order valence-electron chi connectivity index (χ3n) is 4.45. The first-order valence-electron chi connectivity index (χ1n) is 7.58. The van der Waals surface area contributed by atoms with Gasteiger partial charge in [0.25, 0.3) is 5.91 Å². The maximum absolute atomic E-state index is 14.4. The van der Waals surface area contributed by atoms with E-state index in [1.165, 1.54) is 11.0 Å². The van der Waals surface area contributed by atoms with Gasteiger partial charge in [0.1, 0.15) is 5.82 Å². The van der Waals surface area contributed by atoms with Crippen molar-refractivity contribution in [3.05, 3.63) is 57.8 Å². The zero-order chi connectivity index (χ0) is 17.5. The summed E-state index contributed by atoms with van der Waals surface area (Å²) in [5.74, 6) is -0.718. The SMILES string of the molecule is CCC1(c2ccccc2F)N=Cc2c(ccc(N)c2Br)N(C)C1=O. The van der Waals surface area contributed by atoms with E-state index >= 15 is 0 Å². The fourth-order valence-electron chi connectivity index (χ4n) is 3.05. The molecule has 1 unspecified atom stereocenters. The smallest absolute Gasteiger partial charge is 0.259 e. The minimum Gasteiger partial charge on any atom is -0.398 e. The number of carbonyl (C=O) groups excluding carboxylic acids is 1. The second-order valence-electron chi connectivity index (χ2n) is 5.72. The number of halogens is 2. The second kappa shape index (κ2) is 6.02. The van der Waals surface area contributed by atoms with Crippen LogP contribution in [0.4, 0.5) is 15.8 Å². The van der Waals surface area contributed by atoms with Crippen molar-refractivity contribution in [2.75, 3.05) is 17.7 Å². The maximum atomic E-state index is 14.4. The fourth-order valence-corrected chi connectivity index (χ4v) is 3.48. The van der Waals surface area contributed by atoms with Crippen molar-refractivity contribution in [3.63, 3.8) is 0 Å². The number of nitrogen functional groups attached to an aromatic ring is 1. The summed E-state index contributed by atoms with van der Waals surface area (Å²) in [6.07, 6.45) is 1.95. The van der Waals surface area contributed by atoms with Gasteiger partial charge in [-0.2, -0.15) is 0 Å². The zero-order valence-electron chi connectivity index (χ0n) is 13.4. The number of anilines is 2. The lowest BCUT2D eigenvalue weighted by atomic mass is 9.86. The molecule has 1 aliphatic rings. The molecule has 0 bridgehead atoms. The number of amides is 1. The molecule has 0 aromatic heterocycles. The van der Waals surface area contributed by atoms with Gasteiger partial charge in [0, 0.05) is 30.1 Å². The highest BCUT2D eigenvalue weighted by molar-refractivity contribution is 9.10. The number of benzene rings is 2. The van der Waals surface area contributed by atoms with Gasteiger partial charge in [0.2, 0.25) is 0 Å². The molecule has 1 heterocycles. The van der Waals surface area contributed by atoms with E-state index in [-0.39, 0.29) is 11.5 Å². The van der Waals surface area contributed by atoms with Crippen LogP contribution < -0.4 is 10.6 Å². The molecule has 2 N–H and O–H groups in total. The van der Waals surface area contributed by atoms with Crippen molar-refractivity contribution in [3.8, 4) is 0 Å². The molecule has 0 saturated carbocycles. The number of carbonyl (C=O) groups is 1. The van der Waals surface area contributed by atoms with Crippen LogP contribution in [0, 0.1) is 5.82 Å². The summed E-state index contributed by atoms with van der Waals surface area (Å²) in [6, 6.07) is 9.77. The van der Waals surface area contributed by atoms with Crippen LogP contribution in [0.2, 0.25) is 0 Å². The topological polar surface area (TPSA) is 58.7 Å². The lowest BCUT2D eigenvalue weighted by Gasteiger charge is -2.31. The normalized spacial score (nSPS) is 20.0. The van der Waals surface area contributed by atoms with Crippen molar-refractivity contribution in [2.24, 2.45) is 4.99 Å². The van der Waals surface area contributed by atoms with Crippen LogP contribution in [0.25, 0.3) is 0 Å². The second-order valence-corrected chi connectivity index (χ2v) is 6.51. The van der Waals surface area contributed by atoms with Gasteiger partial charge in [-0.05, 0) is 40.5 Å². The minimum atomic E-state index is -1.30. The number of benzodiazepines with no additional fused rings is 1. The van der Waals surface area contributed by atoms with Gasteiger partial charge in [0.05, 0.1) is 10.2 Å². The number of hydrogen-bond donors (Lipinski definition) is 1. The lowest BCUT2D eigenvalue weighted by Crippen LogP contribution is -2.44. The maximum Gasteiger partial charge on any atom is 0.259 e. The molecule has 3 rings (SSSR count). The Morgan fingerprint density at radius 2 is 2.00 bits per heavy atom. The van der Waals surface area contributed by atoms with E-state index in [1.54, 1.807) is 43.6 Å². The van der Waals surface area contributed by atoms with Crippen LogP contribution in [-0.2, 0) is 10.3 Å². The van der Waals surface area contributed by atoms with E-state index in [2.05, 4.69) is 20.9 Å². The molecule has 0 spiro atoms. The van der Waals surface area contributed by atoms with E-state index in [1.807, 2.05) is 6.92 Å². The van der Waals surface area contributed by atoms with Gasteiger partial charge in [-0.3, -0.25) is 9.79 Å². The van der Waals surface area contributed by atoms with Gasteiger partial charge in [-0.25, -0.2) is 4.39 Å². The summed E-state index contributed by atoms with van der Waals surface area (Å²) >= 11 is 3.45. The Balaban J connectivity index is 2.27. The molecule has 2 aromatic carbocycles. The molecule has 0 fully saturated rings. The molecule has 0 aliphatic carbocycles. The first-order chi connectivity index (χ1) is 11.4. The van der Waals surface area contributed by atoms with Gasteiger partial charge in [0.15, 0.2) is 5.54 Å². The molecule has 0 radical (unpaired) electrons. The third-order valence-corrected chi connectivity index (χ3v) is 5.34. The number of hydrogen-bond acceptors (Lipinski definition) is 3. The molecule has 1 aliphatic heterocycles. The summed E-state index contributed by atoms with van der Waals surface area (Å²) in [5.41, 5.74) is 6.85. The molecular formula is C18H17BrFN3O. The number of aliphatic imine (C=N–C) groups is 1. The van der Waals surface area contributed by atoms with Crippen molar-refractivity contribution in [1.82, 2.24) is 0 Å². The summed E-state index contributed by atoms with van der Waals surface area (Å²) in [6.45, 7) is 1.83. The Morgan fingerprint density at radius 1 is 1.29 bits per heavy atom. The molecule has 24 heavy (non-hydrogen) atoms. The molecule has 0 saturated heterocycles. The van der Waals surface area contributed by atoms with Crippen molar-refractivity contribution in [1.29, 1.82) is 0 Å². The Bertz CT molecular complexity index is 852. The Kier molecular flexibility index (Phi) is 4.17. The average Bonchev–Trinajstić information content (AvgIpc) is 2.69. The highest BCUT2D eigenvalue weighted by atomic mass is 79.9. The van der Waals surface area contributed by atoms with Crippen molar-refractivity contribution in [2.45, 2.75) is 18.9 Å². The van der Waals surface area contributed by atoms with Gasteiger partial charge < -0.3 is 10.6 Å². The summed E-state index contributed by atoms with van der Waals surface area (Å²) in [7, 11) is 1.67. The minimum absolute atomic E-state index is 0.275. The fraction of sp³-hybridized carbons (Fsp3) is 0.222. The Hall–Kier alpha value is -2.21. The summed E-state index contributed by atoms with van der Waals surface area (Å²) in [5, 5.41) is 0.